The van der Waals surface area contributed by atoms with Gasteiger partial charge < -0.3 is 19.9 Å². The summed E-state index contributed by atoms with van der Waals surface area (Å²) >= 11 is 11.8. The predicted octanol–water partition coefficient (Wildman–Crippen LogP) is 5.18. The van der Waals surface area contributed by atoms with Gasteiger partial charge in [-0.25, -0.2) is 0 Å². The Hall–Kier alpha value is -2.41. The van der Waals surface area contributed by atoms with Crippen LogP contribution in [0.2, 0.25) is 5.02 Å². The largest absolute Gasteiger partial charge is 0.376 e. The van der Waals surface area contributed by atoms with Crippen molar-refractivity contribution in [2.24, 2.45) is 0 Å². The highest BCUT2D eigenvalue weighted by Gasteiger charge is 2.22. The van der Waals surface area contributed by atoms with Crippen molar-refractivity contribution in [1.29, 1.82) is 0 Å². The number of nitrogens with zero attached hydrogens (tertiary/aromatic N) is 1. The normalized spacial score (nSPS) is 15.9. The lowest BCUT2D eigenvalue weighted by Crippen LogP contribution is -2.40. The molecule has 0 bridgehead atoms. The topological polar surface area (TPSA) is 57.4 Å². The Morgan fingerprint density at radius 1 is 1.26 bits per heavy atom. The Balaban J connectivity index is 1.62. The smallest absolute Gasteiger partial charge is 0.253 e. The number of thiocarbonyl (C=S) groups is 1. The minimum absolute atomic E-state index is 0.0985. The fraction of sp³-hybridized carbons (Fsp3) is 0.333. The Labute approximate surface area is 192 Å². The van der Waals surface area contributed by atoms with E-state index in [1.807, 2.05) is 48.2 Å². The van der Waals surface area contributed by atoms with Crippen LogP contribution in [0.3, 0.4) is 0 Å². The van der Waals surface area contributed by atoms with Crippen LogP contribution < -0.4 is 10.9 Å². The molecule has 1 unspecified atom stereocenters. The lowest BCUT2D eigenvalue weighted by Gasteiger charge is -2.28. The second kappa shape index (κ2) is 9.39. The second-order valence-electron chi connectivity index (χ2n) is 8.10. The van der Waals surface area contributed by atoms with Crippen LogP contribution in [0.15, 0.2) is 47.3 Å². The number of aromatic amines is 1. The molecule has 2 aromatic carbocycles. The Morgan fingerprint density at radius 3 is 2.81 bits per heavy atom. The molecule has 5 nitrogen and oxygen atoms in total. The first-order chi connectivity index (χ1) is 14.9. The van der Waals surface area contributed by atoms with Crippen LogP contribution in [0.5, 0.6) is 0 Å². The zero-order valence-electron chi connectivity index (χ0n) is 17.7. The van der Waals surface area contributed by atoms with E-state index in [1.54, 1.807) is 0 Å². The van der Waals surface area contributed by atoms with Gasteiger partial charge in [-0.1, -0.05) is 17.7 Å². The lowest BCUT2D eigenvalue weighted by atomic mass is 10.0. The number of H-pyrrole nitrogens is 1. The molecule has 1 aromatic heterocycles. The lowest BCUT2D eigenvalue weighted by molar-refractivity contribution is 0.0904. The number of aromatic nitrogens is 1. The number of fused-ring (bicyclic) bond motifs is 1. The molecule has 1 aliphatic heterocycles. The van der Waals surface area contributed by atoms with Crippen molar-refractivity contribution < 1.29 is 4.74 Å². The average molecular weight is 456 g/mol. The van der Waals surface area contributed by atoms with Crippen LogP contribution in [0.1, 0.15) is 29.5 Å². The highest BCUT2D eigenvalue weighted by Crippen LogP contribution is 2.20. The molecule has 4 rings (SSSR count). The highest BCUT2D eigenvalue weighted by atomic mass is 35.5. The number of halogens is 1. The van der Waals surface area contributed by atoms with E-state index in [4.69, 9.17) is 28.6 Å². The molecule has 0 aliphatic carbocycles. The third kappa shape index (κ3) is 5.26. The van der Waals surface area contributed by atoms with Gasteiger partial charge >= 0.3 is 0 Å². The van der Waals surface area contributed by atoms with Crippen molar-refractivity contribution >= 4 is 45.5 Å². The molecule has 1 saturated heterocycles. The molecule has 0 amide bonds. The van der Waals surface area contributed by atoms with Gasteiger partial charge in [0.25, 0.3) is 5.56 Å². The zero-order chi connectivity index (χ0) is 22.0. The van der Waals surface area contributed by atoms with Gasteiger partial charge in [0.15, 0.2) is 5.11 Å². The maximum atomic E-state index is 12.8. The van der Waals surface area contributed by atoms with E-state index in [0.29, 0.717) is 28.8 Å². The van der Waals surface area contributed by atoms with Crippen LogP contribution in [0.25, 0.3) is 10.9 Å². The van der Waals surface area contributed by atoms with Gasteiger partial charge in [0.2, 0.25) is 0 Å². The first kappa shape index (κ1) is 21.8. The molecule has 7 heteroatoms. The van der Waals surface area contributed by atoms with E-state index in [0.717, 1.165) is 41.6 Å². The summed E-state index contributed by atoms with van der Waals surface area (Å²) in [6.07, 6.45) is 2.13. The molecule has 0 saturated carbocycles. The third-order valence-electron chi connectivity index (χ3n) is 5.71. The van der Waals surface area contributed by atoms with Crippen LogP contribution in [0, 0.1) is 13.8 Å². The molecule has 1 atom stereocenters. The van der Waals surface area contributed by atoms with Crippen LogP contribution in [-0.2, 0) is 11.3 Å². The van der Waals surface area contributed by atoms with Crippen molar-refractivity contribution in [3.05, 3.63) is 74.5 Å². The van der Waals surface area contributed by atoms with Gasteiger partial charge in [-0.15, -0.1) is 0 Å². The summed E-state index contributed by atoms with van der Waals surface area (Å²) in [5, 5.41) is 5.45. The van der Waals surface area contributed by atoms with Crippen molar-refractivity contribution in [3.8, 4) is 0 Å². The Bertz CT molecular complexity index is 1170. The molecule has 3 aromatic rings. The minimum Gasteiger partial charge on any atom is -0.376 e. The van der Waals surface area contributed by atoms with Gasteiger partial charge in [0.05, 0.1) is 12.6 Å². The molecule has 1 fully saturated rings. The summed E-state index contributed by atoms with van der Waals surface area (Å²) in [4.78, 5) is 17.9. The molecule has 0 spiro atoms. The van der Waals surface area contributed by atoms with Gasteiger partial charge in [-0.05, 0) is 91.8 Å². The molecule has 2 N–H and O–H groups in total. The van der Waals surface area contributed by atoms with Gasteiger partial charge in [0, 0.05) is 34.9 Å². The van der Waals surface area contributed by atoms with Gasteiger partial charge in [-0.3, -0.25) is 4.79 Å². The number of hydrogen-bond donors (Lipinski definition) is 2. The van der Waals surface area contributed by atoms with E-state index in [2.05, 4.69) is 23.3 Å². The quantitative estimate of drug-likeness (QED) is 0.519. The third-order valence-corrected chi connectivity index (χ3v) is 6.30. The number of benzene rings is 2. The molecule has 31 heavy (non-hydrogen) atoms. The summed E-state index contributed by atoms with van der Waals surface area (Å²) in [6.45, 7) is 5.90. The Morgan fingerprint density at radius 2 is 2.06 bits per heavy atom. The fourth-order valence-corrected chi connectivity index (χ4v) is 4.31. The molecular weight excluding hydrogens is 430 g/mol. The molecule has 1 aliphatic rings. The summed E-state index contributed by atoms with van der Waals surface area (Å²) in [5.41, 5.74) is 4.58. The predicted molar refractivity (Wildman–Crippen MR) is 131 cm³/mol. The summed E-state index contributed by atoms with van der Waals surface area (Å²) < 4.78 is 5.83. The van der Waals surface area contributed by atoms with E-state index in [1.165, 1.54) is 5.56 Å². The standard InChI is InChI=1S/C24H26ClN3O2S/c1-15-9-17-11-18(23(29)27-22(17)10-16(15)2)13-28(14-21-7-4-8-30-21)24(31)26-20-6-3-5-19(25)12-20/h3,5-6,9-12,21H,4,7-8,13-14H2,1-2H3,(H,26,31)(H,27,29). The molecule has 162 valence electrons. The summed E-state index contributed by atoms with van der Waals surface area (Å²) in [7, 11) is 0. The maximum Gasteiger partial charge on any atom is 0.253 e. The number of pyridine rings is 1. The number of aryl methyl sites for hydroxylation is 2. The van der Waals surface area contributed by atoms with E-state index >= 15 is 0 Å². The number of anilines is 1. The van der Waals surface area contributed by atoms with Gasteiger partial charge in [0.1, 0.15) is 0 Å². The number of hydrogen-bond acceptors (Lipinski definition) is 3. The second-order valence-corrected chi connectivity index (χ2v) is 8.93. The molecule has 2 heterocycles. The highest BCUT2D eigenvalue weighted by molar-refractivity contribution is 7.80. The molecular formula is C24H26ClN3O2S. The van der Waals surface area contributed by atoms with E-state index in [9.17, 15) is 4.79 Å². The minimum atomic E-state index is -0.0985. The zero-order valence-corrected chi connectivity index (χ0v) is 19.3. The van der Waals surface area contributed by atoms with Crippen LogP contribution in [0.4, 0.5) is 5.69 Å². The van der Waals surface area contributed by atoms with Crippen LogP contribution >= 0.6 is 23.8 Å². The van der Waals surface area contributed by atoms with E-state index < -0.39 is 0 Å². The van der Waals surface area contributed by atoms with Crippen LogP contribution in [-0.4, -0.2) is 34.3 Å². The molecule has 0 radical (unpaired) electrons. The summed E-state index contributed by atoms with van der Waals surface area (Å²) in [5.74, 6) is 0. The van der Waals surface area contributed by atoms with Gasteiger partial charge in [-0.2, -0.15) is 0 Å². The first-order valence-electron chi connectivity index (χ1n) is 10.5. The van der Waals surface area contributed by atoms with Crippen molar-refractivity contribution in [2.45, 2.75) is 39.3 Å². The number of ether oxygens (including phenoxy) is 1. The first-order valence-corrected chi connectivity index (χ1v) is 11.2. The van der Waals surface area contributed by atoms with Crippen molar-refractivity contribution in [1.82, 2.24) is 9.88 Å². The maximum absolute atomic E-state index is 12.8. The average Bonchev–Trinajstić information content (AvgIpc) is 3.23. The SMILES string of the molecule is Cc1cc2cc(CN(CC3CCCO3)C(=S)Nc3cccc(Cl)c3)c(=O)[nH]c2cc1C. The van der Waals surface area contributed by atoms with E-state index in [-0.39, 0.29) is 11.7 Å². The van der Waals surface area contributed by atoms with Crippen molar-refractivity contribution in [3.63, 3.8) is 0 Å². The number of rotatable bonds is 5. The Kier molecular flexibility index (Phi) is 6.60. The monoisotopic (exact) mass is 455 g/mol. The summed E-state index contributed by atoms with van der Waals surface area (Å²) in [6, 6.07) is 13.5. The van der Waals surface area contributed by atoms with Crippen molar-refractivity contribution in [2.75, 3.05) is 18.5 Å². The number of nitrogens with one attached hydrogen (secondary N) is 2. The fourth-order valence-electron chi connectivity index (χ4n) is 3.87.